The van der Waals surface area contributed by atoms with Crippen LogP contribution >= 0.6 is 0 Å². The van der Waals surface area contributed by atoms with Gasteiger partial charge in [-0.3, -0.25) is 10.1 Å². The highest BCUT2D eigenvalue weighted by Crippen LogP contribution is 2.34. The van der Waals surface area contributed by atoms with Gasteiger partial charge in [0.25, 0.3) is 0 Å². The molecule has 1 saturated carbocycles. The molecule has 2 aliphatic rings. The first-order chi connectivity index (χ1) is 9.42. The molecule has 1 saturated heterocycles. The third-order valence-electron chi connectivity index (χ3n) is 4.92. The summed E-state index contributed by atoms with van der Waals surface area (Å²) in [6.07, 6.45) is 5.92. The molecule has 4 unspecified atom stereocenters. The number of nitrogens with zero attached hydrogens (tertiary/aromatic N) is 1. The summed E-state index contributed by atoms with van der Waals surface area (Å²) in [5.74, 6) is 2.42. The Hall–Kier alpha value is -0.570. The van der Waals surface area contributed by atoms with Gasteiger partial charge in [0.1, 0.15) is 0 Å². The fraction of sp³-hybridized carbons (Fsp3) is 0.941. The molecule has 2 fully saturated rings. The Labute approximate surface area is 124 Å². The lowest BCUT2D eigenvalue weighted by molar-refractivity contribution is -0.133. The lowest BCUT2D eigenvalue weighted by Gasteiger charge is -2.39. The van der Waals surface area contributed by atoms with Gasteiger partial charge in [-0.05, 0) is 49.9 Å². The summed E-state index contributed by atoms with van der Waals surface area (Å²) in [4.78, 5) is 15.0. The third kappa shape index (κ3) is 3.36. The van der Waals surface area contributed by atoms with E-state index < -0.39 is 0 Å². The summed E-state index contributed by atoms with van der Waals surface area (Å²) < 4.78 is 0. The molecule has 2 rings (SSSR count). The summed E-state index contributed by atoms with van der Waals surface area (Å²) in [7, 11) is 0. The van der Waals surface area contributed by atoms with Gasteiger partial charge in [-0.15, -0.1) is 0 Å². The van der Waals surface area contributed by atoms with Gasteiger partial charge in [0.05, 0.1) is 12.2 Å². The summed E-state index contributed by atoms with van der Waals surface area (Å²) in [6, 6.07) is 0.503. The molecule has 4 atom stereocenters. The van der Waals surface area contributed by atoms with E-state index in [1.165, 1.54) is 19.3 Å². The van der Waals surface area contributed by atoms with E-state index in [1.54, 1.807) is 0 Å². The van der Waals surface area contributed by atoms with Crippen molar-refractivity contribution < 1.29 is 4.79 Å². The largest absolute Gasteiger partial charge is 0.323 e. The number of hydrogen-bond donors (Lipinski definition) is 1. The van der Waals surface area contributed by atoms with Crippen molar-refractivity contribution >= 4 is 5.91 Å². The van der Waals surface area contributed by atoms with Crippen LogP contribution < -0.4 is 5.32 Å². The summed E-state index contributed by atoms with van der Waals surface area (Å²) in [5.41, 5.74) is 0. The minimum absolute atomic E-state index is 0.0486. The summed E-state index contributed by atoms with van der Waals surface area (Å²) >= 11 is 0. The van der Waals surface area contributed by atoms with Crippen LogP contribution in [0.15, 0.2) is 0 Å². The van der Waals surface area contributed by atoms with Gasteiger partial charge < -0.3 is 4.90 Å². The fourth-order valence-corrected chi connectivity index (χ4v) is 4.24. The van der Waals surface area contributed by atoms with E-state index >= 15 is 0 Å². The van der Waals surface area contributed by atoms with E-state index in [1.807, 2.05) is 0 Å². The van der Waals surface area contributed by atoms with Crippen molar-refractivity contribution in [2.75, 3.05) is 0 Å². The molecule has 3 heteroatoms. The van der Waals surface area contributed by atoms with Gasteiger partial charge in [-0.2, -0.15) is 0 Å². The smallest absolute Gasteiger partial charge is 0.241 e. The van der Waals surface area contributed by atoms with Crippen molar-refractivity contribution in [3.63, 3.8) is 0 Å². The molecule has 20 heavy (non-hydrogen) atoms. The van der Waals surface area contributed by atoms with Crippen molar-refractivity contribution in [3.05, 3.63) is 0 Å². The van der Waals surface area contributed by atoms with Gasteiger partial charge in [-0.1, -0.05) is 34.6 Å². The SMILES string of the molecule is CCC1NC(CC(C)C)C(=O)N1C1CC(C)CC(C)C1. The average molecular weight is 280 g/mol. The Kier molecular flexibility index (Phi) is 5.11. The van der Waals surface area contributed by atoms with E-state index in [9.17, 15) is 4.79 Å². The highest BCUT2D eigenvalue weighted by atomic mass is 16.2. The first-order valence-corrected chi connectivity index (χ1v) is 8.50. The second kappa shape index (κ2) is 6.46. The Morgan fingerprint density at radius 3 is 2.30 bits per heavy atom. The van der Waals surface area contributed by atoms with E-state index in [2.05, 4.69) is 44.8 Å². The van der Waals surface area contributed by atoms with Crippen LogP contribution in [0, 0.1) is 17.8 Å². The molecule has 1 aliphatic heterocycles. The molecular weight excluding hydrogens is 248 g/mol. The van der Waals surface area contributed by atoms with Gasteiger partial charge in [0, 0.05) is 6.04 Å². The predicted molar refractivity (Wildman–Crippen MR) is 83.3 cm³/mol. The van der Waals surface area contributed by atoms with Crippen LogP contribution in [0.2, 0.25) is 0 Å². The molecule has 1 amide bonds. The fourth-order valence-electron chi connectivity index (χ4n) is 4.24. The van der Waals surface area contributed by atoms with Crippen molar-refractivity contribution in [3.8, 4) is 0 Å². The molecule has 0 aromatic carbocycles. The van der Waals surface area contributed by atoms with Crippen LogP contribution in [0.3, 0.4) is 0 Å². The summed E-state index contributed by atoms with van der Waals surface area (Å²) in [5, 5.41) is 3.58. The Morgan fingerprint density at radius 2 is 1.80 bits per heavy atom. The van der Waals surface area contributed by atoms with Crippen molar-refractivity contribution in [1.82, 2.24) is 10.2 Å². The second-order valence-corrected chi connectivity index (χ2v) is 7.59. The van der Waals surface area contributed by atoms with Crippen LogP contribution in [0.1, 0.15) is 66.7 Å². The standard InChI is InChI=1S/C17H32N2O/c1-6-16-18-15(7-11(2)3)17(20)19(16)14-9-12(4)8-13(5)10-14/h11-16,18H,6-10H2,1-5H3. The Morgan fingerprint density at radius 1 is 1.20 bits per heavy atom. The Bertz CT molecular complexity index is 332. The van der Waals surface area contributed by atoms with Crippen molar-refractivity contribution in [1.29, 1.82) is 0 Å². The molecule has 1 heterocycles. The van der Waals surface area contributed by atoms with Gasteiger partial charge in [-0.25, -0.2) is 0 Å². The average Bonchev–Trinajstić information content (AvgIpc) is 2.64. The number of amides is 1. The molecule has 0 spiro atoms. The lowest BCUT2D eigenvalue weighted by atomic mass is 9.79. The first-order valence-electron chi connectivity index (χ1n) is 8.50. The molecule has 0 aromatic rings. The van der Waals surface area contributed by atoms with E-state index in [0.717, 1.165) is 24.7 Å². The highest BCUT2D eigenvalue weighted by molar-refractivity contribution is 5.84. The molecule has 1 N–H and O–H groups in total. The minimum atomic E-state index is 0.0486. The molecule has 1 aliphatic carbocycles. The molecule has 0 aromatic heterocycles. The zero-order valence-corrected chi connectivity index (χ0v) is 13.9. The maximum atomic E-state index is 12.8. The molecule has 0 bridgehead atoms. The van der Waals surface area contributed by atoms with Crippen LogP contribution in [0.25, 0.3) is 0 Å². The molecule has 3 nitrogen and oxygen atoms in total. The maximum absolute atomic E-state index is 12.8. The Balaban J connectivity index is 2.10. The second-order valence-electron chi connectivity index (χ2n) is 7.59. The van der Waals surface area contributed by atoms with Gasteiger partial charge in [0.15, 0.2) is 0 Å². The van der Waals surface area contributed by atoms with Crippen molar-refractivity contribution in [2.45, 2.75) is 85.0 Å². The van der Waals surface area contributed by atoms with E-state index in [0.29, 0.717) is 17.9 Å². The molecular formula is C17H32N2O. The van der Waals surface area contributed by atoms with Gasteiger partial charge >= 0.3 is 0 Å². The predicted octanol–water partition coefficient (Wildman–Crippen LogP) is 3.39. The molecule has 0 radical (unpaired) electrons. The van der Waals surface area contributed by atoms with Crippen molar-refractivity contribution in [2.24, 2.45) is 17.8 Å². The zero-order chi connectivity index (χ0) is 14.9. The van der Waals surface area contributed by atoms with Crippen LogP contribution in [0.4, 0.5) is 0 Å². The van der Waals surface area contributed by atoms with E-state index in [-0.39, 0.29) is 12.2 Å². The highest BCUT2D eigenvalue weighted by Gasteiger charge is 2.43. The number of rotatable bonds is 4. The minimum Gasteiger partial charge on any atom is -0.323 e. The number of nitrogens with one attached hydrogen (secondary N) is 1. The quantitative estimate of drug-likeness (QED) is 0.856. The van der Waals surface area contributed by atoms with Crippen LogP contribution in [0.5, 0.6) is 0 Å². The van der Waals surface area contributed by atoms with Crippen LogP contribution in [-0.4, -0.2) is 29.1 Å². The maximum Gasteiger partial charge on any atom is 0.241 e. The molecule has 116 valence electrons. The third-order valence-corrected chi connectivity index (χ3v) is 4.92. The first kappa shape index (κ1) is 15.8. The van der Waals surface area contributed by atoms with Crippen LogP contribution in [-0.2, 0) is 4.79 Å². The monoisotopic (exact) mass is 280 g/mol. The van der Waals surface area contributed by atoms with E-state index in [4.69, 9.17) is 0 Å². The number of carbonyl (C=O) groups is 1. The topological polar surface area (TPSA) is 32.3 Å². The van der Waals surface area contributed by atoms with Gasteiger partial charge in [0.2, 0.25) is 5.91 Å². The normalized spacial score (nSPS) is 38.8. The number of hydrogen-bond acceptors (Lipinski definition) is 2. The lowest BCUT2D eigenvalue weighted by Crippen LogP contribution is -2.47. The zero-order valence-electron chi connectivity index (χ0n) is 13.9. The summed E-state index contributed by atoms with van der Waals surface area (Å²) in [6.45, 7) is 11.3. The number of carbonyl (C=O) groups excluding carboxylic acids is 1.